The van der Waals surface area contributed by atoms with E-state index >= 15 is 0 Å². The molecule has 0 saturated carbocycles. The molecule has 0 aromatic carbocycles. The van der Waals surface area contributed by atoms with E-state index in [0.29, 0.717) is 42.7 Å². The van der Waals surface area contributed by atoms with E-state index in [9.17, 15) is 13.2 Å². The monoisotopic (exact) mass is 427 g/mol. The number of carbonyl (C=O) groups is 1. The van der Waals surface area contributed by atoms with Gasteiger partial charge in [0.1, 0.15) is 4.21 Å². The molecule has 3 heterocycles. The number of nitrogens with zero attached hydrogens (tertiary/aromatic N) is 2. The lowest BCUT2D eigenvalue weighted by Crippen LogP contribution is -2.43. The molecule has 3 rings (SSSR count). The van der Waals surface area contributed by atoms with E-state index in [0.717, 1.165) is 13.0 Å². The van der Waals surface area contributed by atoms with Crippen LogP contribution in [0.25, 0.3) is 0 Å². The topological polar surface area (TPSA) is 69.7 Å². The van der Waals surface area contributed by atoms with Crippen molar-refractivity contribution in [2.24, 2.45) is 5.92 Å². The molecule has 1 amide bonds. The Morgan fingerprint density at radius 3 is 2.68 bits per heavy atom. The van der Waals surface area contributed by atoms with Gasteiger partial charge < -0.3 is 10.2 Å². The molecule has 2 aliphatic heterocycles. The summed E-state index contributed by atoms with van der Waals surface area (Å²) in [6, 6.07) is 4.10. The summed E-state index contributed by atoms with van der Waals surface area (Å²) >= 11 is 1.24. The minimum absolute atomic E-state index is 0.0758. The van der Waals surface area contributed by atoms with Crippen LogP contribution in [0.4, 0.5) is 0 Å². The second-order valence-corrected chi connectivity index (χ2v) is 11.0. The number of rotatable bonds is 8. The van der Waals surface area contributed by atoms with E-state index in [4.69, 9.17) is 0 Å². The van der Waals surface area contributed by atoms with Crippen molar-refractivity contribution in [2.45, 2.75) is 62.1 Å². The molecular weight excluding hydrogens is 394 g/mol. The Kier molecular flexibility index (Phi) is 7.91. The highest BCUT2D eigenvalue weighted by Crippen LogP contribution is 2.26. The number of likely N-dealkylation sites (tertiary alicyclic amines) is 1. The van der Waals surface area contributed by atoms with Crippen LogP contribution in [0.2, 0.25) is 0 Å². The van der Waals surface area contributed by atoms with Crippen LogP contribution in [0, 0.1) is 5.92 Å². The number of hydrogen-bond donors (Lipinski definition) is 1. The molecule has 2 saturated heterocycles. The van der Waals surface area contributed by atoms with Gasteiger partial charge in [0.05, 0.1) is 0 Å². The highest BCUT2D eigenvalue weighted by molar-refractivity contribution is 7.91. The third-order valence-corrected chi connectivity index (χ3v) is 9.33. The Labute approximate surface area is 173 Å². The summed E-state index contributed by atoms with van der Waals surface area (Å²) in [4.78, 5) is 15.0. The van der Waals surface area contributed by atoms with Gasteiger partial charge in [-0.05, 0) is 56.5 Å². The first-order valence-electron chi connectivity index (χ1n) is 10.6. The molecule has 6 nitrogen and oxygen atoms in total. The fourth-order valence-corrected chi connectivity index (χ4v) is 6.96. The number of piperidine rings is 2. The first kappa shape index (κ1) is 21.7. The summed E-state index contributed by atoms with van der Waals surface area (Å²) in [5.74, 6) is 0.00650. The predicted molar refractivity (Wildman–Crippen MR) is 113 cm³/mol. The van der Waals surface area contributed by atoms with Gasteiger partial charge >= 0.3 is 0 Å². The Hall–Kier alpha value is -0.960. The highest BCUT2D eigenvalue weighted by Gasteiger charge is 2.32. The number of amides is 1. The molecule has 28 heavy (non-hydrogen) atoms. The molecule has 158 valence electrons. The Bertz CT molecular complexity index is 713. The normalized spacial score (nSPS) is 23.0. The SMILES string of the molecule is CC[C@@H]1CCCCN1CCCNC(=O)C1CCN(S(=O)(=O)c2cccs2)CC1. The fourth-order valence-electron chi connectivity index (χ4n) is 4.35. The van der Waals surface area contributed by atoms with Gasteiger partial charge in [-0.25, -0.2) is 8.42 Å². The summed E-state index contributed by atoms with van der Waals surface area (Å²) in [5, 5.41) is 4.85. The first-order chi connectivity index (χ1) is 13.5. The van der Waals surface area contributed by atoms with E-state index < -0.39 is 10.0 Å². The molecule has 0 bridgehead atoms. The zero-order valence-corrected chi connectivity index (χ0v) is 18.4. The van der Waals surface area contributed by atoms with Crippen molar-refractivity contribution in [1.82, 2.24) is 14.5 Å². The second-order valence-electron chi connectivity index (χ2n) is 7.85. The number of sulfonamides is 1. The van der Waals surface area contributed by atoms with Crippen molar-refractivity contribution in [3.8, 4) is 0 Å². The van der Waals surface area contributed by atoms with Crippen LogP contribution in [-0.4, -0.2) is 62.3 Å². The van der Waals surface area contributed by atoms with Gasteiger partial charge in [-0.2, -0.15) is 4.31 Å². The Morgan fingerprint density at radius 2 is 2.00 bits per heavy atom. The van der Waals surface area contributed by atoms with Crippen LogP contribution in [0.1, 0.15) is 51.9 Å². The quantitative estimate of drug-likeness (QED) is 0.648. The summed E-state index contributed by atoms with van der Waals surface area (Å²) in [6.07, 6.45) is 7.31. The largest absolute Gasteiger partial charge is 0.356 e. The van der Waals surface area contributed by atoms with E-state index in [1.807, 2.05) is 0 Å². The third-order valence-electron chi connectivity index (χ3n) is 6.06. The zero-order valence-electron chi connectivity index (χ0n) is 16.8. The lowest BCUT2D eigenvalue weighted by molar-refractivity contribution is -0.126. The van der Waals surface area contributed by atoms with Gasteiger partial charge in [0.25, 0.3) is 10.0 Å². The van der Waals surface area contributed by atoms with Crippen molar-refractivity contribution in [1.29, 1.82) is 0 Å². The van der Waals surface area contributed by atoms with Gasteiger partial charge in [-0.3, -0.25) is 4.79 Å². The zero-order chi connectivity index (χ0) is 20.0. The Balaban J connectivity index is 1.37. The average molecular weight is 428 g/mol. The number of carbonyl (C=O) groups excluding carboxylic acids is 1. The number of hydrogen-bond acceptors (Lipinski definition) is 5. The molecule has 1 N–H and O–H groups in total. The van der Waals surface area contributed by atoms with Crippen LogP contribution >= 0.6 is 11.3 Å². The molecular formula is C20H33N3O3S2. The van der Waals surface area contributed by atoms with Crippen molar-refractivity contribution in [3.63, 3.8) is 0 Å². The van der Waals surface area contributed by atoms with Crippen LogP contribution in [-0.2, 0) is 14.8 Å². The summed E-state index contributed by atoms with van der Waals surface area (Å²) in [6.45, 7) is 6.05. The lowest BCUT2D eigenvalue weighted by Gasteiger charge is -2.35. The summed E-state index contributed by atoms with van der Waals surface area (Å²) in [5.41, 5.74) is 0. The highest BCUT2D eigenvalue weighted by atomic mass is 32.2. The van der Waals surface area contributed by atoms with Gasteiger partial charge in [0.15, 0.2) is 0 Å². The predicted octanol–water partition coefficient (Wildman–Crippen LogP) is 2.92. The van der Waals surface area contributed by atoms with Gasteiger partial charge in [-0.15, -0.1) is 11.3 Å². The number of thiophene rings is 1. The molecule has 1 aromatic heterocycles. The van der Waals surface area contributed by atoms with Gasteiger partial charge in [-0.1, -0.05) is 19.4 Å². The van der Waals surface area contributed by atoms with Crippen LogP contribution in [0.15, 0.2) is 21.7 Å². The third kappa shape index (κ3) is 5.34. The standard InChI is InChI=1S/C20H33N3O3S2/c1-2-18-7-3-4-12-22(18)13-6-11-21-20(24)17-9-14-23(15-10-17)28(25,26)19-8-5-16-27-19/h5,8,16-18H,2-4,6-7,9-15H2,1H3,(H,21,24)/t18-/m1/s1. The van der Waals surface area contributed by atoms with Crippen LogP contribution < -0.4 is 5.32 Å². The average Bonchev–Trinajstić information content (AvgIpc) is 3.27. The smallest absolute Gasteiger partial charge is 0.252 e. The lowest BCUT2D eigenvalue weighted by atomic mass is 9.97. The molecule has 1 aromatic rings. The van der Waals surface area contributed by atoms with Crippen LogP contribution in [0.3, 0.4) is 0 Å². The second kappa shape index (κ2) is 10.2. The maximum absolute atomic E-state index is 12.6. The maximum atomic E-state index is 12.6. The molecule has 1 atom stereocenters. The first-order valence-corrected chi connectivity index (χ1v) is 12.9. The van der Waals surface area contributed by atoms with Gasteiger partial charge in [0.2, 0.25) is 5.91 Å². The van der Waals surface area contributed by atoms with E-state index in [2.05, 4.69) is 17.1 Å². The fraction of sp³-hybridized carbons (Fsp3) is 0.750. The van der Waals surface area contributed by atoms with E-state index in [1.165, 1.54) is 47.9 Å². The number of nitrogens with one attached hydrogen (secondary N) is 1. The van der Waals surface area contributed by atoms with E-state index in [-0.39, 0.29) is 11.8 Å². The minimum atomic E-state index is -3.39. The summed E-state index contributed by atoms with van der Waals surface area (Å²) in [7, 11) is -3.39. The van der Waals surface area contributed by atoms with E-state index in [1.54, 1.807) is 17.5 Å². The molecule has 0 aliphatic carbocycles. The minimum Gasteiger partial charge on any atom is -0.356 e. The molecule has 0 unspecified atom stereocenters. The maximum Gasteiger partial charge on any atom is 0.252 e. The van der Waals surface area contributed by atoms with Gasteiger partial charge in [0, 0.05) is 38.1 Å². The van der Waals surface area contributed by atoms with Crippen molar-refractivity contribution < 1.29 is 13.2 Å². The molecule has 0 spiro atoms. The summed E-state index contributed by atoms with van der Waals surface area (Å²) < 4.78 is 27.0. The molecule has 2 aliphatic rings. The molecule has 2 fully saturated rings. The van der Waals surface area contributed by atoms with Crippen molar-refractivity contribution in [2.75, 3.05) is 32.7 Å². The molecule has 0 radical (unpaired) electrons. The Morgan fingerprint density at radius 1 is 1.21 bits per heavy atom. The van der Waals surface area contributed by atoms with Crippen LogP contribution in [0.5, 0.6) is 0 Å². The van der Waals surface area contributed by atoms with Crippen molar-refractivity contribution in [3.05, 3.63) is 17.5 Å². The van der Waals surface area contributed by atoms with Crippen molar-refractivity contribution >= 4 is 27.3 Å². The molecule has 8 heteroatoms.